The molecule has 2 aromatic heterocycles. The quantitative estimate of drug-likeness (QED) is 0.223. The highest BCUT2D eigenvalue weighted by molar-refractivity contribution is 6.31. The van der Waals surface area contributed by atoms with Crippen molar-refractivity contribution in [2.45, 2.75) is 51.4 Å². The Morgan fingerprint density at radius 2 is 1.83 bits per heavy atom. The van der Waals surface area contributed by atoms with Crippen LogP contribution in [-0.2, 0) is 4.79 Å². The van der Waals surface area contributed by atoms with Crippen LogP contribution in [0.25, 0.3) is 16.8 Å². The summed E-state index contributed by atoms with van der Waals surface area (Å²) in [6.45, 7) is 5.27. The number of nitrogens with one attached hydrogen (secondary N) is 1. The third-order valence-corrected chi connectivity index (χ3v) is 9.24. The molecule has 46 heavy (non-hydrogen) atoms. The van der Waals surface area contributed by atoms with Gasteiger partial charge in [0.1, 0.15) is 11.9 Å². The molecule has 10 nitrogen and oxygen atoms in total. The van der Waals surface area contributed by atoms with Gasteiger partial charge < -0.3 is 25.8 Å². The van der Waals surface area contributed by atoms with Crippen LogP contribution in [-0.4, -0.2) is 62.7 Å². The molecule has 2 saturated heterocycles. The largest absolute Gasteiger partial charge is 0.480 e. The van der Waals surface area contributed by atoms with Crippen molar-refractivity contribution in [3.8, 4) is 22.7 Å². The minimum atomic E-state index is -4.83. The van der Waals surface area contributed by atoms with Gasteiger partial charge in [-0.2, -0.15) is 28.2 Å². The van der Waals surface area contributed by atoms with Crippen LogP contribution in [0.1, 0.15) is 42.2 Å². The molecule has 2 atom stereocenters. The maximum Gasteiger partial charge on any atom is 0.429 e. The molecule has 0 radical (unpaired) electrons. The van der Waals surface area contributed by atoms with E-state index >= 15 is 0 Å². The van der Waals surface area contributed by atoms with Gasteiger partial charge in [-0.3, -0.25) is 4.79 Å². The van der Waals surface area contributed by atoms with E-state index in [2.05, 4.69) is 20.4 Å². The number of nitrogens with zero attached hydrogens (tertiary/aromatic N) is 5. The number of hydrogen-bond acceptors (Lipinski definition) is 8. The van der Waals surface area contributed by atoms with Crippen LogP contribution in [0.5, 0.6) is 5.88 Å². The predicted molar refractivity (Wildman–Crippen MR) is 167 cm³/mol. The van der Waals surface area contributed by atoms with Crippen LogP contribution in [0, 0.1) is 19.3 Å². The third-order valence-electron chi connectivity index (χ3n) is 8.84. The Bertz CT molecular complexity index is 1770. The van der Waals surface area contributed by atoms with Gasteiger partial charge in [-0.1, -0.05) is 35.9 Å². The number of aliphatic carboxylic acids is 1. The molecule has 1 unspecified atom stereocenters. The smallest absolute Gasteiger partial charge is 0.429 e. The van der Waals surface area contributed by atoms with Crippen LogP contribution in [0.2, 0.25) is 5.02 Å². The van der Waals surface area contributed by atoms with E-state index < -0.39 is 24.3 Å². The molecule has 242 valence electrons. The number of anilines is 2. The number of benzene rings is 2. The molecule has 4 aromatic rings. The first-order chi connectivity index (χ1) is 21.8. The molecular formula is C32H33ClF3N7O3. The summed E-state index contributed by atoms with van der Waals surface area (Å²) in [7, 11) is 0. The molecule has 14 heteroatoms. The van der Waals surface area contributed by atoms with E-state index in [9.17, 15) is 23.1 Å². The fourth-order valence-electron chi connectivity index (χ4n) is 6.23. The van der Waals surface area contributed by atoms with Crippen molar-refractivity contribution in [2.24, 2.45) is 5.41 Å². The minimum absolute atomic E-state index is 0.157. The van der Waals surface area contributed by atoms with Crippen molar-refractivity contribution in [3.63, 3.8) is 0 Å². The van der Waals surface area contributed by atoms with Gasteiger partial charge in [0.15, 0.2) is 0 Å². The number of aryl methyl sites for hydroxylation is 2. The first-order valence-corrected chi connectivity index (χ1v) is 15.2. The lowest BCUT2D eigenvalue weighted by Crippen LogP contribution is -2.41. The molecule has 2 fully saturated rings. The number of nitrogens with two attached hydrogens (primary N) is 1. The minimum Gasteiger partial charge on any atom is -0.480 e. The van der Waals surface area contributed by atoms with Crippen molar-refractivity contribution in [1.29, 1.82) is 0 Å². The van der Waals surface area contributed by atoms with Crippen LogP contribution < -0.4 is 20.7 Å². The standard InChI is InChI=1S/C32H33ClF3N7O3/c1-18-3-4-20(13-23(18)33)21-5-6-22(25(14-21)43-10-7-19(2)41-43)28(32(34,35)36)46-27-15-26(39-30(37)40-27)42-11-8-31(9-12-42)16-24(29(44)45)38-17-31/h3-7,10,13-15,24,28,38H,8-9,11-12,16-17H2,1-2H3,(H,44,45)(H2,37,39,40)/t24?,28-/m1/s1. The molecule has 4 N–H and O–H groups in total. The van der Waals surface area contributed by atoms with E-state index in [4.69, 9.17) is 22.1 Å². The number of carboxylic acid groups (broad SMARTS) is 1. The number of rotatable bonds is 7. The summed E-state index contributed by atoms with van der Waals surface area (Å²) in [6, 6.07) is 12.5. The Labute approximate surface area is 268 Å². The van der Waals surface area contributed by atoms with Crippen molar-refractivity contribution < 1.29 is 27.8 Å². The van der Waals surface area contributed by atoms with E-state index in [-0.39, 0.29) is 28.5 Å². The molecular weight excluding hydrogens is 623 g/mol. The first-order valence-electron chi connectivity index (χ1n) is 14.8. The molecule has 1 spiro atoms. The van der Waals surface area contributed by atoms with Crippen LogP contribution in [0.15, 0.2) is 54.7 Å². The number of ether oxygens (including phenoxy) is 1. The van der Waals surface area contributed by atoms with E-state index in [1.807, 2.05) is 24.0 Å². The molecule has 0 saturated carbocycles. The average Bonchev–Trinajstić information content (AvgIpc) is 3.63. The Morgan fingerprint density at radius 3 is 2.46 bits per heavy atom. The lowest BCUT2D eigenvalue weighted by molar-refractivity contribution is -0.198. The molecule has 2 aliphatic heterocycles. The normalized spacial score (nSPS) is 18.6. The van der Waals surface area contributed by atoms with Crippen molar-refractivity contribution in [2.75, 3.05) is 30.3 Å². The Hall–Kier alpha value is -4.36. The Morgan fingerprint density at radius 1 is 1.11 bits per heavy atom. The summed E-state index contributed by atoms with van der Waals surface area (Å²) in [4.78, 5) is 21.6. The maximum absolute atomic E-state index is 14.8. The van der Waals surface area contributed by atoms with Gasteiger partial charge >= 0.3 is 12.1 Å². The molecule has 2 aromatic carbocycles. The molecule has 6 rings (SSSR count). The zero-order valence-corrected chi connectivity index (χ0v) is 25.9. The third kappa shape index (κ3) is 6.47. The van der Waals surface area contributed by atoms with Crippen LogP contribution in [0.3, 0.4) is 0 Å². The maximum atomic E-state index is 14.8. The lowest BCUT2D eigenvalue weighted by atomic mass is 9.76. The predicted octanol–water partition coefficient (Wildman–Crippen LogP) is 5.90. The fourth-order valence-corrected chi connectivity index (χ4v) is 6.41. The highest BCUT2D eigenvalue weighted by Gasteiger charge is 2.46. The number of halogens is 4. The van der Waals surface area contributed by atoms with Crippen LogP contribution >= 0.6 is 11.6 Å². The van der Waals surface area contributed by atoms with E-state index in [1.54, 1.807) is 37.4 Å². The first kappa shape index (κ1) is 31.6. The van der Waals surface area contributed by atoms with Gasteiger partial charge in [-0.05, 0) is 73.4 Å². The average molecular weight is 656 g/mol. The second kappa shape index (κ2) is 12.1. The number of carboxylic acids is 1. The topological polar surface area (TPSA) is 131 Å². The molecule has 0 aliphatic carbocycles. The Balaban J connectivity index is 1.31. The lowest BCUT2D eigenvalue weighted by Gasteiger charge is -2.39. The number of carbonyl (C=O) groups is 1. The van der Waals surface area contributed by atoms with Gasteiger partial charge in [0, 0.05) is 42.5 Å². The molecule has 0 amide bonds. The summed E-state index contributed by atoms with van der Waals surface area (Å²) < 4.78 is 51.5. The summed E-state index contributed by atoms with van der Waals surface area (Å²) in [5.41, 5.74) is 8.73. The number of alkyl halides is 3. The fraction of sp³-hybridized carbons (Fsp3) is 0.375. The van der Waals surface area contributed by atoms with Gasteiger partial charge in [0.2, 0.25) is 17.9 Å². The molecule has 0 bridgehead atoms. The number of piperidine rings is 1. The highest BCUT2D eigenvalue weighted by Crippen LogP contribution is 2.43. The number of hydrogen-bond donors (Lipinski definition) is 3. The summed E-state index contributed by atoms with van der Waals surface area (Å²) in [6.07, 6.45) is -3.74. The van der Waals surface area contributed by atoms with Crippen molar-refractivity contribution in [3.05, 3.63) is 76.6 Å². The number of nitrogen functional groups attached to an aromatic ring is 1. The summed E-state index contributed by atoms with van der Waals surface area (Å²) in [5.74, 6) is -1.08. The van der Waals surface area contributed by atoms with Gasteiger partial charge in [0.25, 0.3) is 0 Å². The summed E-state index contributed by atoms with van der Waals surface area (Å²) >= 11 is 6.35. The van der Waals surface area contributed by atoms with E-state index in [0.717, 1.165) is 11.1 Å². The monoisotopic (exact) mass is 655 g/mol. The number of aromatic nitrogens is 4. The zero-order valence-electron chi connectivity index (χ0n) is 25.2. The zero-order chi connectivity index (χ0) is 32.8. The molecule has 2 aliphatic rings. The van der Waals surface area contributed by atoms with Gasteiger partial charge in [-0.25, -0.2) is 4.68 Å². The second-order valence-electron chi connectivity index (χ2n) is 12.1. The Kier molecular flexibility index (Phi) is 8.32. The van der Waals surface area contributed by atoms with Gasteiger partial charge in [0.05, 0.1) is 11.4 Å². The van der Waals surface area contributed by atoms with Gasteiger partial charge in [-0.15, -0.1) is 0 Å². The van der Waals surface area contributed by atoms with E-state index in [0.29, 0.717) is 61.0 Å². The summed E-state index contributed by atoms with van der Waals surface area (Å²) in [5, 5.41) is 17.4. The SMILES string of the molecule is Cc1ccn(-c2cc(-c3ccc(C)c(Cl)c3)ccc2[C@@H](Oc2cc(N3CCC4(CC3)CNC(C(=O)O)C4)nc(N)n2)C(F)(F)F)n1. The molecule has 4 heterocycles. The highest BCUT2D eigenvalue weighted by atomic mass is 35.5. The van der Waals surface area contributed by atoms with E-state index in [1.165, 1.54) is 16.8 Å². The van der Waals surface area contributed by atoms with Crippen molar-refractivity contribution in [1.82, 2.24) is 25.1 Å². The van der Waals surface area contributed by atoms with Crippen molar-refractivity contribution >= 4 is 29.3 Å². The van der Waals surface area contributed by atoms with Crippen LogP contribution in [0.4, 0.5) is 24.9 Å². The second-order valence-corrected chi connectivity index (χ2v) is 12.5.